The van der Waals surface area contributed by atoms with E-state index in [9.17, 15) is 0 Å². The molecule has 0 bridgehead atoms. The topological polar surface area (TPSA) is 77.4 Å². The van der Waals surface area contributed by atoms with Crippen molar-refractivity contribution < 1.29 is 0 Å². The number of likely N-dealkylation sites (N-methyl/N-ethyl adjacent to an activating group) is 2. The van der Waals surface area contributed by atoms with Crippen LogP contribution in [0.5, 0.6) is 0 Å². The van der Waals surface area contributed by atoms with Crippen LogP contribution in [0.4, 0.5) is 0 Å². The van der Waals surface area contributed by atoms with Gasteiger partial charge < -0.3 is 21.7 Å². The van der Waals surface area contributed by atoms with E-state index in [1.807, 2.05) is 0 Å². The van der Waals surface area contributed by atoms with Gasteiger partial charge in [-0.25, -0.2) is 5.01 Å². The number of nitrogens with two attached hydrogens (primary N) is 1. The van der Waals surface area contributed by atoms with Gasteiger partial charge in [-0.2, -0.15) is 0 Å². The van der Waals surface area contributed by atoms with Gasteiger partial charge in [-0.1, -0.05) is 13.8 Å². The highest BCUT2D eigenvalue weighted by atomic mass is 15.5. The van der Waals surface area contributed by atoms with Crippen LogP contribution in [0.1, 0.15) is 13.8 Å². The second-order valence-corrected chi connectivity index (χ2v) is 4.13. The van der Waals surface area contributed by atoms with Crippen LogP contribution < -0.4 is 27.1 Å². The first-order valence-corrected chi connectivity index (χ1v) is 7.15. The van der Waals surface area contributed by atoms with Crippen molar-refractivity contribution in [2.45, 2.75) is 13.8 Å². The summed E-state index contributed by atoms with van der Waals surface area (Å²) < 4.78 is 0. The van der Waals surface area contributed by atoms with E-state index in [2.05, 4.69) is 40.2 Å². The lowest BCUT2D eigenvalue weighted by atomic mass is 10.5. The third-order valence-electron chi connectivity index (χ3n) is 2.63. The molecule has 0 aliphatic heterocycles. The van der Waals surface area contributed by atoms with E-state index in [0.717, 1.165) is 58.9 Å². The summed E-state index contributed by atoms with van der Waals surface area (Å²) in [6, 6.07) is 0. The van der Waals surface area contributed by atoms with Crippen LogP contribution in [-0.2, 0) is 0 Å². The van der Waals surface area contributed by atoms with Crippen molar-refractivity contribution in [3.63, 3.8) is 0 Å². The Balaban J connectivity index is 3.29. The number of hydrogen-bond acceptors (Lipinski definition) is 6. The van der Waals surface area contributed by atoms with Gasteiger partial charge in [0.2, 0.25) is 0 Å². The molecule has 0 aromatic rings. The molecule has 0 saturated carbocycles. The minimum atomic E-state index is 0.702. The molecule has 110 valence electrons. The van der Waals surface area contributed by atoms with Crippen molar-refractivity contribution in [3.8, 4) is 0 Å². The van der Waals surface area contributed by atoms with Gasteiger partial charge in [-0.3, -0.25) is 5.43 Å². The Kier molecular flexibility index (Phi) is 14.6. The Bertz CT molecular complexity index is 156. The Hall–Kier alpha value is -0.240. The summed E-state index contributed by atoms with van der Waals surface area (Å²) in [5.41, 5.74) is 8.81. The molecule has 0 spiro atoms. The van der Waals surface area contributed by atoms with E-state index < -0.39 is 0 Å². The van der Waals surface area contributed by atoms with Crippen molar-refractivity contribution in [3.05, 3.63) is 0 Å². The van der Waals surface area contributed by atoms with Gasteiger partial charge in [-0.05, 0) is 6.54 Å². The monoisotopic (exact) mass is 260 g/mol. The van der Waals surface area contributed by atoms with E-state index in [0.29, 0.717) is 6.54 Å². The third-order valence-corrected chi connectivity index (χ3v) is 2.63. The fourth-order valence-electron chi connectivity index (χ4n) is 1.57. The van der Waals surface area contributed by atoms with Crippen molar-refractivity contribution >= 4 is 0 Å². The smallest absolute Gasteiger partial charge is 0.0256 e. The van der Waals surface area contributed by atoms with Gasteiger partial charge >= 0.3 is 0 Å². The molecule has 0 aromatic heterocycles. The molecule has 0 atom stereocenters. The van der Waals surface area contributed by atoms with Gasteiger partial charge in [0.1, 0.15) is 0 Å². The summed E-state index contributed by atoms with van der Waals surface area (Å²) >= 11 is 0. The molecule has 0 aromatic carbocycles. The lowest BCUT2D eigenvalue weighted by Gasteiger charge is -2.22. The summed E-state index contributed by atoms with van der Waals surface area (Å²) in [5, 5.41) is 12.2. The van der Waals surface area contributed by atoms with Gasteiger partial charge in [0.25, 0.3) is 0 Å². The fraction of sp³-hybridized carbons (Fsp3) is 1.00. The molecule has 0 radical (unpaired) electrons. The average Bonchev–Trinajstić information content (AvgIpc) is 2.40. The zero-order chi connectivity index (χ0) is 13.5. The van der Waals surface area contributed by atoms with Gasteiger partial charge in [0, 0.05) is 58.9 Å². The predicted molar refractivity (Wildman–Crippen MR) is 78.6 cm³/mol. The Morgan fingerprint density at radius 1 is 0.833 bits per heavy atom. The van der Waals surface area contributed by atoms with Crippen molar-refractivity contribution in [1.29, 1.82) is 0 Å². The maximum atomic E-state index is 5.41. The fourth-order valence-corrected chi connectivity index (χ4v) is 1.57. The molecule has 0 aliphatic rings. The van der Waals surface area contributed by atoms with Crippen molar-refractivity contribution in [2.75, 3.05) is 65.4 Å². The number of hydrogen-bond donors (Lipinski definition) is 5. The molecule has 0 heterocycles. The second kappa shape index (κ2) is 14.8. The minimum absolute atomic E-state index is 0.702. The maximum Gasteiger partial charge on any atom is 0.0256 e. The predicted octanol–water partition coefficient (Wildman–Crippen LogP) is -1.44. The van der Waals surface area contributed by atoms with Crippen LogP contribution in [0.25, 0.3) is 0 Å². The Morgan fingerprint density at radius 3 is 2.17 bits per heavy atom. The number of hydrazine groups is 1. The number of nitrogens with zero attached hydrogens (tertiary/aromatic N) is 1. The molecule has 18 heavy (non-hydrogen) atoms. The van der Waals surface area contributed by atoms with Crippen LogP contribution in [0.15, 0.2) is 0 Å². The SMILES string of the molecule is CCNCCNCCN(CC)NCCNCCN. The third kappa shape index (κ3) is 12.2. The lowest BCUT2D eigenvalue weighted by Crippen LogP contribution is -2.45. The first kappa shape index (κ1) is 17.8. The molecule has 0 aliphatic carbocycles. The molecule has 0 fully saturated rings. The zero-order valence-electron chi connectivity index (χ0n) is 12.1. The van der Waals surface area contributed by atoms with Crippen molar-refractivity contribution in [2.24, 2.45) is 5.73 Å². The van der Waals surface area contributed by atoms with Crippen LogP contribution >= 0.6 is 0 Å². The second-order valence-electron chi connectivity index (χ2n) is 4.13. The van der Waals surface area contributed by atoms with E-state index in [1.54, 1.807) is 0 Å². The molecule has 6 heteroatoms. The maximum absolute atomic E-state index is 5.41. The minimum Gasteiger partial charge on any atom is -0.329 e. The average molecular weight is 260 g/mol. The molecular formula is C12H32N6. The highest BCUT2D eigenvalue weighted by Gasteiger charge is 1.99. The zero-order valence-corrected chi connectivity index (χ0v) is 12.1. The standard InChI is InChI=1S/C12H32N6/c1-3-14-7-8-16-11-12-18(4-2)17-10-9-15-6-5-13/h14-17H,3-13H2,1-2H3. The Labute approximate surface area is 112 Å². The first-order chi connectivity index (χ1) is 8.85. The largest absolute Gasteiger partial charge is 0.329 e. The van der Waals surface area contributed by atoms with Crippen LogP contribution in [-0.4, -0.2) is 70.5 Å². The normalized spacial score (nSPS) is 11.3. The highest BCUT2D eigenvalue weighted by Crippen LogP contribution is 1.79. The van der Waals surface area contributed by atoms with Crippen LogP contribution in [0, 0.1) is 0 Å². The van der Waals surface area contributed by atoms with Gasteiger partial charge in [-0.15, -0.1) is 0 Å². The highest BCUT2D eigenvalue weighted by molar-refractivity contribution is 4.57. The Morgan fingerprint density at radius 2 is 1.50 bits per heavy atom. The lowest BCUT2D eigenvalue weighted by molar-refractivity contribution is 0.199. The summed E-state index contributed by atoms with van der Waals surface area (Å²) in [7, 11) is 0. The summed E-state index contributed by atoms with van der Waals surface area (Å²) in [6.45, 7) is 14.0. The van der Waals surface area contributed by atoms with Crippen LogP contribution in [0.3, 0.4) is 0 Å². The molecular weight excluding hydrogens is 228 g/mol. The number of nitrogens with one attached hydrogen (secondary N) is 4. The summed E-state index contributed by atoms with van der Waals surface area (Å²) in [5.74, 6) is 0. The van der Waals surface area contributed by atoms with Crippen LogP contribution in [0.2, 0.25) is 0 Å². The van der Waals surface area contributed by atoms with Gasteiger partial charge in [0.05, 0.1) is 0 Å². The van der Waals surface area contributed by atoms with Gasteiger partial charge in [0.15, 0.2) is 0 Å². The molecule has 6 N–H and O–H groups in total. The molecule has 0 unspecified atom stereocenters. The number of rotatable bonds is 14. The first-order valence-electron chi connectivity index (χ1n) is 7.15. The summed E-state index contributed by atoms with van der Waals surface area (Å²) in [6.07, 6.45) is 0. The van der Waals surface area contributed by atoms with E-state index in [1.165, 1.54) is 0 Å². The van der Waals surface area contributed by atoms with E-state index >= 15 is 0 Å². The summed E-state index contributed by atoms with van der Waals surface area (Å²) in [4.78, 5) is 0. The molecule has 6 nitrogen and oxygen atoms in total. The molecule has 0 saturated heterocycles. The quantitative estimate of drug-likeness (QED) is 0.195. The van der Waals surface area contributed by atoms with Crippen molar-refractivity contribution in [1.82, 2.24) is 26.4 Å². The van der Waals surface area contributed by atoms with E-state index in [-0.39, 0.29) is 0 Å². The molecule has 0 amide bonds. The molecule has 0 rings (SSSR count). The van der Waals surface area contributed by atoms with E-state index in [4.69, 9.17) is 5.73 Å².